The molecule has 96 valence electrons. The molecule has 0 spiro atoms. The lowest BCUT2D eigenvalue weighted by atomic mass is 10.00. The van der Waals surface area contributed by atoms with Crippen molar-refractivity contribution in [1.29, 1.82) is 0 Å². The summed E-state index contributed by atoms with van der Waals surface area (Å²) >= 11 is 6.42. The molecule has 1 aliphatic rings. The molecule has 3 rings (SSSR count). The van der Waals surface area contributed by atoms with Crippen LogP contribution in [0.25, 0.3) is 11.1 Å². The zero-order valence-corrected chi connectivity index (χ0v) is 11.1. The second kappa shape index (κ2) is 4.90. The lowest BCUT2D eigenvalue weighted by molar-refractivity contribution is 0.0890. The zero-order valence-electron chi connectivity index (χ0n) is 10.3. The van der Waals surface area contributed by atoms with Gasteiger partial charge in [0.25, 0.3) is 0 Å². The van der Waals surface area contributed by atoms with E-state index in [9.17, 15) is 0 Å². The van der Waals surface area contributed by atoms with Crippen LogP contribution in [0.3, 0.4) is 0 Å². The van der Waals surface area contributed by atoms with Gasteiger partial charge < -0.3 is 9.15 Å². The van der Waals surface area contributed by atoms with E-state index in [1.54, 1.807) is 0 Å². The van der Waals surface area contributed by atoms with E-state index in [0.717, 1.165) is 24.1 Å². The number of halogens is 1. The van der Waals surface area contributed by atoms with Crippen LogP contribution in [-0.2, 0) is 11.2 Å². The Bertz CT molecular complexity index is 506. The molecule has 0 amide bonds. The molecular weight excluding hydrogens is 250 g/mol. The van der Waals surface area contributed by atoms with Crippen LogP contribution in [0.15, 0.2) is 28.7 Å². The number of hydrogen-bond acceptors (Lipinski definition) is 3. The average Bonchev–Trinajstić information content (AvgIpc) is 2.94. The monoisotopic (exact) mass is 265 g/mol. The summed E-state index contributed by atoms with van der Waals surface area (Å²) < 4.78 is 11.4. The van der Waals surface area contributed by atoms with Gasteiger partial charge in [-0.3, -0.25) is 0 Å². The van der Waals surface area contributed by atoms with Gasteiger partial charge in [0.2, 0.25) is 0 Å². The van der Waals surface area contributed by atoms with Crippen molar-refractivity contribution in [2.75, 3.05) is 6.61 Å². The van der Waals surface area contributed by atoms with Crippen LogP contribution in [0.2, 0.25) is 0 Å². The van der Waals surface area contributed by atoms with Gasteiger partial charge in [-0.05, 0) is 24.5 Å². The molecule has 1 aliphatic heterocycles. The van der Waals surface area contributed by atoms with Crippen LogP contribution in [0.5, 0.6) is 0 Å². The van der Waals surface area contributed by atoms with E-state index < -0.39 is 0 Å². The highest BCUT2D eigenvalue weighted by atomic mass is 35.5. The number of rotatable bonds is 3. The van der Waals surface area contributed by atoms with Gasteiger partial charge in [-0.1, -0.05) is 19.1 Å². The minimum atomic E-state index is -0.0736. The molecule has 1 saturated heterocycles. The Morgan fingerprint density at radius 1 is 1.44 bits per heavy atom. The van der Waals surface area contributed by atoms with Gasteiger partial charge in [0.1, 0.15) is 5.52 Å². The van der Waals surface area contributed by atoms with E-state index in [0.29, 0.717) is 18.2 Å². The van der Waals surface area contributed by atoms with Gasteiger partial charge in [0, 0.05) is 13.0 Å². The Balaban J connectivity index is 1.75. The van der Waals surface area contributed by atoms with Crippen molar-refractivity contribution in [1.82, 2.24) is 4.98 Å². The molecule has 1 aromatic heterocycles. The second-order valence-electron chi connectivity index (χ2n) is 4.90. The van der Waals surface area contributed by atoms with Crippen molar-refractivity contribution in [2.45, 2.75) is 31.2 Å². The maximum atomic E-state index is 6.42. The number of benzene rings is 1. The maximum Gasteiger partial charge on any atom is 0.197 e. The summed E-state index contributed by atoms with van der Waals surface area (Å²) in [4.78, 5) is 4.44. The van der Waals surface area contributed by atoms with E-state index in [2.05, 4.69) is 11.9 Å². The number of fused-ring (bicyclic) bond motifs is 1. The standard InChI is InChI=1S/C14H16ClNO2/c1-9-6-7-17-14(9)10(15)8-13-16-11-4-2-3-5-12(11)18-13/h2-5,9-10,14H,6-8H2,1H3. The summed E-state index contributed by atoms with van der Waals surface area (Å²) in [7, 11) is 0. The van der Waals surface area contributed by atoms with Crippen molar-refractivity contribution < 1.29 is 9.15 Å². The lowest BCUT2D eigenvalue weighted by Gasteiger charge is -2.19. The first-order chi connectivity index (χ1) is 8.74. The molecule has 1 aromatic carbocycles. The molecule has 0 aliphatic carbocycles. The molecule has 0 saturated carbocycles. The van der Waals surface area contributed by atoms with Gasteiger partial charge >= 0.3 is 0 Å². The maximum absolute atomic E-state index is 6.42. The van der Waals surface area contributed by atoms with Crippen LogP contribution in [0, 0.1) is 5.92 Å². The minimum Gasteiger partial charge on any atom is -0.441 e. The fourth-order valence-electron chi connectivity index (χ4n) is 2.47. The molecule has 3 atom stereocenters. The van der Waals surface area contributed by atoms with Crippen molar-refractivity contribution in [3.63, 3.8) is 0 Å². The fraction of sp³-hybridized carbons (Fsp3) is 0.500. The van der Waals surface area contributed by atoms with E-state index in [1.165, 1.54) is 0 Å². The quantitative estimate of drug-likeness (QED) is 0.798. The third-order valence-electron chi connectivity index (χ3n) is 3.51. The first kappa shape index (κ1) is 12.0. The molecule has 18 heavy (non-hydrogen) atoms. The van der Waals surface area contributed by atoms with Crippen molar-refractivity contribution in [3.05, 3.63) is 30.2 Å². The SMILES string of the molecule is CC1CCOC1C(Cl)Cc1nc2ccccc2o1. The number of para-hydroxylation sites is 2. The molecular formula is C14H16ClNO2. The Kier molecular flexibility index (Phi) is 3.27. The summed E-state index contributed by atoms with van der Waals surface area (Å²) in [5.41, 5.74) is 1.70. The molecule has 2 aromatic rings. The summed E-state index contributed by atoms with van der Waals surface area (Å²) in [5, 5.41) is -0.0736. The van der Waals surface area contributed by atoms with Gasteiger partial charge in [-0.15, -0.1) is 11.6 Å². The largest absolute Gasteiger partial charge is 0.441 e. The molecule has 0 N–H and O–H groups in total. The number of ether oxygens (including phenoxy) is 1. The molecule has 0 bridgehead atoms. The van der Waals surface area contributed by atoms with Crippen molar-refractivity contribution >= 4 is 22.7 Å². The highest BCUT2D eigenvalue weighted by Gasteiger charge is 2.31. The number of alkyl halides is 1. The van der Waals surface area contributed by atoms with Gasteiger partial charge in [-0.25, -0.2) is 4.98 Å². The second-order valence-corrected chi connectivity index (χ2v) is 5.46. The molecule has 3 unspecified atom stereocenters. The van der Waals surface area contributed by atoms with E-state index >= 15 is 0 Å². The van der Waals surface area contributed by atoms with E-state index in [1.807, 2.05) is 24.3 Å². The summed E-state index contributed by atoms with van der Waals surface area (Å²) in [6.45, 7) is 2.99. The molecule has 0 radical (unpaired) electrons. The highest BCUT2D eigenvalue weighted by molar-refractivity contribution is 6.21. The molecule has 1 fully saturated rings. The third-order valence-corrected chi connectivity index (χ3v) is 3.91. The Morgan fingerprint density at radius 3 is 3.00 bits per heavy atom. The summed E-state index contributed by atoms with van der Waals surface area (Å²) in [6, 6.07) is 7.76. The molecule has 2 heterocycles. The first-order valence-corrected chi connectivity index (χ1v) is 6.78. The molecule has 4 heteroatoms. The van der Waals surface area contributed by atoms with Crippen molar-refractivity contribution in [3.8, 4) is 0 Å². The topological polar surface area (TPSA) is 35.3 Å². The van der Waals surface area contributed by atoms with Crippen LogP contribution in [0.4, 0.5) is 0 Å². The van der Waals surface area contributed by atoms with Gasteiger partial charge in [0.05, 0.1) is 11.5 Å². The average molecular weight is 266 g/mol. The first-order valence-electron chi connectivity index (χ1n) is 6.34. The smallest absolute Gasteiger partial charge is 0.197 e. The van der Waals surface area contributed by atoms with Gasteiger partial charge in [0.15, 0.2) is 11.5 Å². The van der Waals surface area contributed by atoms with Crippen LogP contribution in [0.1, 0.15) is 19.2 Å². The Morgan fingerprint density at radius 2 is 2.28 bits per heavy atom. The van der Waals surface area contributed by atoms with Crippen LogP contribution >= 0.6 is 11.6 Å². The Hall–Kier alpha value is -1.06. The van der Waals surface area contributed by atoms with Crippen molar-refractivity contribution in [2.24, 2.45) is 5.92 Å². The Labute approximate surface area is 111 Å². The summed E-state index contributed by atoms with van der Waals surface area (Å²) in [6.07, 6.45) is 1.81. The number of aromatic nitrogens is 1. The highest BCUT2D eigenvalue weighted by Crippen LogP contribution is 2.28. The van der Waals surface area contributed by atoms with Gasteiger partial charge in [-0.2, -0.15) is 0 Å². The fourth-order valence-corrected chi connectivity index (χ4v) is 2.92. The number of oxazole rings is 1. The van der Waals surface area contributed by atoms with Crippen LogP contribution < -0.4 is 0 Å². The zero-order chi connectivity index (χ0) is 12.5. The molecule has 3 nitrogen and oxygen atoms in total. The predicted octanol–water partition coefficient (Wildman–Crippen LogP) is 3.40. The third kappa shape index (κ3) is 2.25. The van der Waals surface area contributed by atoms with Crippen LogP contribution in [-0.4, -0.2) is 23.1 Å². The number of hydrogen-bond donors (Lipinski definition) is 0. The minimum absolute atomic E-state index is 0.0736. The lowest BCUT2D eigenvalue weighted by Crippen LogP contribution is -2.27. The normalized spacial score (nSPS) is 25.7. The predicted molar refractivity (Wildman–Crippen MR) is 70.9 cm³/mol. The van der Waals surface area contributed by atoms with E-state index in [4.69, 9.17) is 20.8 Å². The number of nitrogens with zero attached hydrogens (tertiary/aromatic N) is 1. The summed E-state index contributed by atoms with van der Waals surface area (Å²) in [5.74, 6) is 1.20. The van der Waals surface area contributed by atoms with E-state index in [-0.39, 0.29) is 11.5 Å².